The number of methoxy groups -OCH3 is 3. The highest BCUT2D eigenvalue weighted by Crippen LogP contribution is 2.33. The Morgan fingerprint density at radius 2 is 1.05 bits per heavy atom. The predicted molar refractivity (Wildman–Crippen MR) is 89.6 cm³/mol. The molecule has 0 fully saturated rings. The van der Waals surface area contributed by atoms with E-state index >= 15 is 0 Å². The molecule has 3 nitrogen and oxygen atoms in total. The second-order valence-electron chi connectivity index (χ2n) is 5.56. The summed E-state index contributed by atoms with van der Waals surface area (Å²) in [7, 11) is 5.07. The van der Waals surface area contributed by atoms with E-state index in [1.54, 1.807) is 21.3 Å². The number of ether oxygens (including phenoxy) is 3. The van der Waals surface area contributed by atoms with Gasteiger partial charge in [-0.05, 0) is 60.7 Å². The van der Waals surface area contributed by atoms with Gasteiger partial charge in [0.05, 0.1) is 21.3 Å². The van der Waals surface area contributed by atoms with Crippen molar-refractivity contribution in [2.75, 3.05) is 21.3 Å². The van der Waals surface area contributed by atoms with Crippen molar-refractivity contribution in [2.45, 2.75) is 27.2 Å². The smallest absolute Gasteiger partial charge is 0.126 e. The van der Waals surface area contributed by atoms with Crippen molar-refractivity contribution in [2.24, 2.45) is 0 Å². The largest absolute Gasteiger partial charge is 0.496 e. The van der Waals surface area contributed by atoms with Gasteiger partial charge in [0.1, 0.15) is 17.2 Å². The van der Waals surface area contributed by atoms with Gasteiger partial charge in [-0.1, -0.05) is 6.07 Å². The molecule has 0 spiro atoms. The van der Waals surface area contributed by atoms with E-state index in [9.17, 15) is 0 Å². The van der Waals surface area contributed by atoms with Crippen molar-refractivity contribution < 1.29 is 14.2 Å². The summed E-state index contributed by atoms with van der Waals surface area (Å²) in [5.74, 6) is 2.59. The van der Waals surface area contributed by atoms with E-state index in [0.717, 1.165) is 40.4 Å². The summed E-state index contributed by atoms with van der Waals surface area (Å²) < 4.78 is 16.4. The molecule has 0 aliphatic carbocycles. The fraction of sp³-hybridized carbons (Fsp3) is 0.368. The van der Waals surface area contributed by atoms with Gasteiger partial charge in [-0.2, -0.15) is 0 Å². The highest BCUT2D eigenvalue weighted by Gasteiger charge is 2.13. The number of aryl methyl sites for hydroxylation is 3. The van der Waals surface area contributed by atoms with Crippen LogP contribution in [0.1, 0.15) is 27.8 Å². The van der Waals surface area contributed by atoms with Crippen LogP contribution < -0.4 is 14.2 Å². The average Bonchev–Trinajstić information content (AvgIpc) is 2.51. The molecule has 0 atom stereocenters. The van der Waals surface area contributed by atoms with Gasteiger partial charge < -0.3 is 14.2 Å². The lowest BCUT2D eigenvalue weighted by Crippen LogP contribution is -2.00. The first-order valence-electron chi connectivity index (χ1n) is 7.35. The Labute approximate surface area is 132 Å². The summed E-state index contributed by atoms with van der Waals surface area (Å²) in [6, 6.07) is 8.34. The molecule has 22 heavy (non-hydrogen) atoms. The number of hydrogen-bond donors (Lipinski definition) is 0. The van der Waals surface area contributed by atoms with Crippen LogP contribution in [-0.4, -0.2) is 21.3 Å². The Bertz CT molecular complexity index is 675. The fourth-order valence-electron chi connectivity index (χ4n) is 2.66. The van der Waals surface area contributed by atoms with Crippen molar-refractivity contribution >= 4 is 0 Å². The molecule has 118 valence electrons. The zero-order chi connectivity index (χ0) is 16.3. The maximum absolute atomic E-state index is 5.54. The molecule has 0 radical (unpaired) electrons. The van der Waals surface area contributed by atoms with Crippen LogP contribution in [0.15, 0.2) is 24.3 Å². The highest BCUT2D eigenvalue weighted by atomic mass is 16.5. The standard InChI is InChI=1S/C19H24O3/c1-12-7-15(18(21-5)9-13(12)2)10-16-8-14(3)17(20-4)11-19(16)22-6/h7-9,11H,10H2,1-6H3. The van der Waals surface area contributed by atoms with Crippen LogP contribution in [0.3, 0.4) is 0 Å². The quantitative estimate of drug-likeness (QED) is 0.827. The Morgan fingerprint density at radius 1 is 0.591 bits per heavy atom. The molecule has 2 aromatic rings. The van der Waals surface area contributed by atoms with Crippen LogP contribution in [0.25, 0.3) is 0 Å². The molecule has 0 bridgehead atoms. The maximum Gasteiger partial charge on any atom is 0.126 e. The van der Waals surface area contributed by atoms with Crippen molar-refractivity contribution in [1.82, 2.24) is 0 Å². The number of benzene rings is 2. The molecule has 0 heterocycles. The minimum atomic E-state index is 0.762. The lowest BCUT2D eigenvalue weighted by Gasteiger charge is -2.16. The van der Waals surface area contributed by atoms with Crippen molar-refractivity contribution in [3.05, 3.63) is 52.1 Å². The normalized spacial score (nSPS) is 10.5. The molecule has 0 aliphatic heterocycles. The van der Waals surface area contributed by atoms with Crippen molar-refractivity contribution in [3.63, 3.8) is 0 Å². The second-order valence-corrected chi connectivity index (χ2v) is 5.56. The molecule has 2 aromatic carbocycles. The van der Waals surface area contributed by atoms with Gasteiger partial charge in [0.15, 0.2) is 0 Å². The topological polar surface area (TPSA) is 27.7 Å². The van der Waals surface area contributed by atoms with E-state index in [4.69, 9.17) is 14.2 Å². The summed E-state index contributed by atoms with van der Waals surface area (Å²) in [6.45, 7) is 6.26. The monoisotopic (exact) mass is 300 g/mol. The lowest BCUT2D eigenvalue weighted by molar-refractivity contribution is 0.389. The van der Waals surface area contributed by atoms with Crippen LogP contribution >= 0.6 is 0 Å². The molecule has 0 saturated carbocycles. The van der Waals surface area contributed by atoms with Gasteiger partial charge in [0, 0.05) is 12.5 Å². The molecule has 0 amide bonds. The third-order valence-corrected chi connectivity index (χ3v) is 4.08. The van der Waals surface area contributed by atoms with E-state index in [0.29, 0.717) is 0 Å². The number of rotatable bonds is 5. The van der Waals surface area contributed by atoms with E-state index < -0.39 is 0 Å². The minimum absolute atomic E-state index is 0.762. The maximum atomic E-state index is 5.54. The first kappa shape index (κ1) is 16.2. The zero-order valence-corrected chi connectivity index (χ0v) is 14.2. The zero-order valence-electron chi connectivity index (χ0n) is 14.2. The van der Waals surface area contributed by atoms with E-state index in [2.05, 4.69) is 32.0 Å². The summed E-state index contributed by atoms with van der Waals surface area (Å²) in [6.07, 6.45) is 0.762. The molecule has 3 heteroatoms. The molecule has 0 unspecified atom stereocenters. The highest BCUT2D eigenvalue weighted by molar-refractivity contribution is 5.50. The summed E-state index contributed by atoms with van der Waals surface area (Å²) in [5, 5.41) is 0. The first-order chi connectivity index (χ1) is 10.5. The van der Waals surface area contributed by atoms with E-state index in [1.165, 1.54) is 11.1 Å². The molecule has 0 N–H and O–H groups in total. The molecular formula is C19H24O3. The number of hydrogen-bond acceptors (Lipinski definition) is 3. The fourth-order valence-corrected chi connectivity index (χ4v) is 2.66. The third kappa shape index (κ3) is 3.19. The Morgan fingerprint density at radius 3 is 1.59 bits per heavy atom. The molecule has 0 saturated heterocycles. The van der Waals surface area contributed by atoms with Gasteiger partial charge in [0.25, 0.3) is 0 Å². The summed E-state index contributed by atoms with van der Waals surface area (Å²) in [5.41, 5.74) is 5.88. The Kier molecular flexibility index (Phi) is 4.96. The second kappa shape index (κ2) is 6.73. The van der Waals surface area contributed by atoms with Gasteiger partial charge >= 0.3 is 0 Å². The molecule has 2 rings (SSSR count). The van der Waals surface area contributed by atoms with Gasteiger partial charge in [0.2, 0.25) is 0 Å². The SMILES string of the molecule is COc1cc(OC)c(Cc2cc(C)c(C)cc2OC)cc1C. The van der Waals surface area contributed by atoms with E-state index in [1.807, 2.05) is 13.0 Å². The van der Waals surface area contributed by atoms with Gasteiger partial charge in [-0.25, -0.2) is 0 Å². The van der Waals surface area contributed by atoms with Crippen LogP contribution in [0, 0.1) is 20.8 Å². The van der Waals surface area contributed by atoms with Crippen LogP contribution in [0.5, 0.6) is 17.2 Å². The first-order valence-corrected chi connectivity index (χ1v) is 7.35. The van der Waals surface area contributed by atoms with Crippen molar-refractivity contribution in [1.29, 1.82) is 0 Å². The summed E-state index contributed by atoms with van der Waals surface area (Å²) >= 11 is 0. The van der Waals surface area contributed by atoms with Crippen LogP contribution in [0.4, 0.5) is 0 Å². The van der Waals surface area contributed by atoms with Gasteiger partial charge in [-0.3, -0.25) is 0 Å². The van der Waals surface area contributed by atoms with Crippen molar-refractivity contribution in [3.8, 4) is 17.2 Å². The predicted octanol–water partition coefficient (Wildman–Crippen LogP) is 4.23. The minimum Gasteiger partial charge on any atom is -0.496 e. The lowest BCUT2D eigenvalue weighted by atomic mass is 9.97. The van der Waals surface area contributed by atoms with Crippen LogP contribution in [0.2, 0.25) is 0 Å². The molecule has 0 aromatic heterocycles. The van der Waals surface area contributed by atoms with E-state index in [-0.39, 0.29) is 0 Å². The Hall–Kier alpha value is -2.16. The van der Waals surface area contributed by atoms with Gasteiger partial charge in [-0.15, -0.1) is 0 Å². The molecule has 0 aliphatic rings. The average molecular weight is 300 g/mol. The molecular weight excluding hydrogens is 276 g/mol. The third-order valence-electron chi connectivity index (χ3n) is 4.08. The summed E-state index contributed by atoms with van der Waals surface area (Å²) in [4.78, 5) is 0. The Balaban J connectivity index is 2.46. The van der Waals surface area contributed by atoms with Crippen LogP contribution in [-0.2, 0) is 6.42 Å².